The lowest BCUT2D eigenvalue weighted by atomic mass is 10.1. The van der Waals surface area contributed by atoms with Crippen LogP contribution in [0.4, 0.5) is 5.69 Å². The van der Waals surface area contributed by atoms with Crippen molar-refractivity contribution in [2.45, 2.75) is 13.3 Å². The molecule has 2 aromatic rings. The Labute approximate surface area is 185 Å². The van der Waals surface area contributed by atoms with E-state index in [1.165, 1.54) is 11.3 Å². The topological polar surface area (TPSA) is 81.8 Å². The van der Waals surface area contributed by atoms with Gasteiger partial charge in [-0.3, -0.25) is 19.3 Å². The van der Waals surface area contributed by atoms with Gasteiger partial charge in [-0.2, -0.15) is 0 Å². The number of nitrogens with one attached hydrogen (secondary N) is 2. The van der Waals surface area contributed by atoms with E-state index < -0.39 is 0 Å². The summed E-state index contributed by atoms with van der Waals surface area (Å²) in [5.41, 5.74) is 0.877. The summed E-state index contributed by atoms with van der Waals surface area (Å²) in [5, 5.41) is 7.84. The van der Waals surface area contributed by atoms with Crippen LogP contribution in [0.5, 0.6) is 0 Å². The molecular formula is C21H25ClN4O3S. The zero-order chi connectivity index (χ0) is 21.5. The van der Waals surface area contributed by atoms with E-state index in [0.29, 0.717) is 60.4 Å². The van der Waals surface area contributed by atoms with Gasteiger partial charge in [0.15, 0.2) is 0 Å². The molecule has 0 aliphatic carbocycles. The smallest absolute Gasteiger partial charge is 0.265 e. The highest BCUT2D eigenvalue weighted by molar-refractivity contribution is 7.12. The van der Waals surface area contributed by atoms with E-state index in [1.54, 1.807) is 35.2 Å². The lowest BCUT2D eigenvalue weighted by molar-refractivity contribution is -0.122. The molecule has 30 heavy (non-hydrogen) atoms. The van der Waals surface area contributed by atoms with Crippen molar-refractivity contribution in [1.29, 1.82) is 0 Å². The van der Waals surface area contributed by atoms with Gasteiger partial charge in [0, 0.05) is 38.3 Å². The van der Waals surface area contributed by atoms with Crippen LogP contribution in [0.3, 0.4) is 0 Å². The van der Waals surface area contributed by atoms with Crippen LogP contribution in [-0.2, 0) is 4.79 Å². The van der Waals surface area contributed by atoms with Gasteiger partial charge in [-0.25, -0.2) is 0 Å². The summed E-state index contributed by atoms with van der Waals surface area (Å²) in [6.45, 7) is 5.40. The molecule has 3 rings (SSSR count). The van der Waals surface area contributed by atoms with Crippen molar-refractivity contribution in [2.75, 3.05) is 44.6 Å². The van der Waals surface area contributed by atoms with Crippen molar-refractivity contribution < 1.29 is 14.4 Å². The van der Waals surface area contributed by atoms with E-state index in [9.17, 15) is 14.4 Å². The molecule has 1 aromatic carbocycles. The fourth-order valence-electron chi connectivity index (χ4n) is 3.16. The van der Waals surface area contributed by atoms with Crippen LogP contribution in [0, 0.1) is 0 Å². The average molecular weight is 449 g/mol. The SMILES string of the molecule is CCCNC(=O)CN1CCN(C(=O)c2ccc(Cl)c(NC(=O)c3cccs3)c2)CC1. The summed E-state index contributed by atoms with van der Waals surface area (Å²) in [4.78, 5) is 41.5. The molecule has 0 unspecified atom stereocenters. The Morgan fingerprint density at radius 1 is 1.13 bits per heavy atom. The number of thiophene rings is 1. The van der Waals surface area contributed by atoms with Gasteiger partial charge in [-0.05, 0) is 36.1 Å². The number of halogens is 1. The fraction of sp³-hybridized carbons (Fsp3) is 0.381. The molecule has 1 aliphatic heterocycles. The molecule has 1 saturated heterocycles. The molecular weight excluding hydrogens is 424 g/mol. The molecule has 0 radical (unpaired) electrons. The van der Waals surface area contributed by atoms with Gasteiger partial charge >= 0.3 is 0 Å². The maximum atomic E-state index is 12.9. The number of carbonyl (C=O) groups is 3. The van der Waals surface area contributed by atoms with Crippen LogP contribution in [0.1, 0.15) is 33.4 Å². The quantitative estimate of drug-likeness (QED) is 0.682. The van der Waals surface area contributed by atoms with Crippen LogP contribution in [0.25, 0.3) is 0 Å². The number of anilines is 1. The third-order valence-electron chi connectivity index (χ3n) is 4.81. The van der Waals surface area contributed by atoms with Crippen molar-refractivity contribution in [1.82, 2.24) is 15.1 Å². The number of amides is 3. The van der Waals surface area contributed by atoms with Crippen molar-refractivity contribution in [3.05, 3.63) is 51.2 Å². The Balaban J connectivity index is 1.58. The molecule has 3 amide bonds. The number of hydrogen-bond acceptors (Lipinski definition) is 5. The van der Waals surface area contributed by atoms with E-state index >= 15 is 0 Å². The van der Waals surface area contributed by atoms with Gasteiger partial charge < -0.3 is 15.5 Å². The summed E-state index contributed by atoms with van der Waals surface area (Å²) >= 11 is 7.55. The van der Waals surface area contributed by atoms with E-state index in [0.717, 1.165) is 6.42 Å². The standard InChI is InChI=1S/C21H25ClN4O3S/c1-2-7-23-19(27)14-25-8-10-26(11-9-25)21(29)15-5-6-16(22)17(13-15)24-20(28)18-4-3-12-30-18/h3-6,12-13H,2,7-11,14H2,1H3,(H,23,27)(H,24,28). The molecule has 9 heteroatoms. The molecule has 0 saturated carbocycles. The monoisotopic (exact) mass is 448 g/mol. The summed E-state index contributed by atoms with van der Waals surface area (Å²) in [6.07, 6.45) is 0.908. The molecule has 2 N–H and O–H groups in total. The Bertz CT molecular complexity index is 896. The summed E-state index contributed by atoms with van der Waals surface area (Å²) in [5.74, 6) is -0.361. The molecule has 1 aliphatic rings. The second-order valence-corrected chi connectivity index (χ2v) is 8.40. The van der Waals surface area contributed by atoms with E-state index in [1.807, 2.05) is 17.2 Å². The van der Waals surface area contributed by atoms with E-state index in [2.05, 4.69) is 10.6 Å². The minimum atomic E-state index is -0.258. The lowest BCUT2D eigenvalue weighted by Gasteiger charge is -2.34. The lowest BCUT2D eigenvalue weighted by Crippen LogP contribution is -2.51. The highest BCUT2D eigenvalue weighted by Gasteiger charge is 2.24. The first-order valence-corrected chi connectivity index (χ1v) is 11.2. The van der Waals surface area contributed by atoms with E-state index in [4.69, 9.17) is 11.6 Å². The number of rotatable bonds is 7. The first-order chi connectivity index (χ1) is 14.5. The van der Waals surface area contributed by atoms with Crippen molar-refractivity contribution >= 4 is 46.3 Å². The summed E-state index contributed by atoms with van der Waals surface area (Å²) < 4.78 is 0. The Morgan fingerprint density at radius 3 is 2.57 bits per heavy atom. The fourth-order valence-corrected chi connectivity index (χ4v) is 3.94. The second kappa shape index (κ2) is 10.6. The minimum Gasteiger partial charge on any atom is -0.355 e. The van der Waals surface area contributed by atoms with Gasteiger partial charge in [-0.1, -0.05) is 24.6 Å². The Morgan fingerprint density at radius 2 is 1.90 bits per heavy atom. The summed E-state index contributed by atoms with van der Waals surface area (Å²) in [6, 6.07) is 8.42. The highest BCUT2D eigenvalue weighted by Crippen LogP contribution is 2.25. The zero-order valence-corrected chi connectivity index (χ0v) is 18.4. The predicted molar refractivity (Wildman–Crippen MR) is 119 cm³/mol. The first-order valence-electron chi connectivity index (χ1n) is 9.90. The van der Waals surface area contributed by atoms with Gasteiger partial charge in [0.2, 0.25) is 5.91 Å². The number of benzene rings is 1. The van der Waals surface area contributed by atoms with Crippen LogP contribution in [-0.4, -0.2) is 66.8 Å². The van der Waals surface area contributed by atoms with Crippen LogP contribution < -0.4 is 10.6 Å². The third kappa shape index (κ3) is 5.81. The Hall–Kier alpha value is -2.42. The molecule has 160 valence electrons. The van der Waals surface area contributed by atoms with Gasteiger partial charge in [0.1, 0.15) is 0 Å². The highest BCUT2D eigenvalue weighted by atomic mass is 35.5. The van der Waals surface area contributed by atoms with Gasteiger partial charge in [-0.15, -0.1) is 11.3 Å². The van der Waals surface area contributed by atoms with Crippen LogP contribution >= 0.6 is 22.9 Å². The maximum absolute atomic E-state index is 12.9. The molecule has 1 fully saturated rings. The predicted octanol–water partition coefficient (Wildman–Crippen LogP) is 2.94. The maximum Gasteiger partial charge on any atom is 0.265 e. The van der Waals surface area contributed by atoms with Crippen LogP contribution in [0.2, 0.25) is 5.02 Å². The largest absolute Gasteiger partial charge is 0.355 e. The second-order valence-electron chi connectivity index (χ2n) is 7.04. The molecule has 1 aromatic heterocycles. The van der Waals surface area contributed by atoms with Gasteiger partial charge in [0.25, 0.3) is 11.8 Å². The van der Waals surface area contributed by atoms with Crippen LogP contribution in [0.15, 0.2) is 35.7 Å². The number of nitrogens with zero attached hydrogens (tertiary/aromatic N) is 2. The number of carbonyl (C=O) groups excluding carboxylic acids is 3. The first kappa shape index (κ1) is 22.3. The van der Waals surface area contributed by atoms with Crippen molar-refractivity contribution in [3.63, 3.8) is 0 Å². The zero-order valence-electron chi connectivity index (χ0n) is 16.8. The van der Waals surface area contributed by atoms with Crippen molar-refractivity contribution in [3.8, 4) is 0 Å². The average Bonchev–Trinajstić information content (AvgIpc) is 3.29. The molecule has 0 bridgehead atoms. The molecule has 2 heterocycles. The Kier molecular flexibility index (Phi) is 7.84. The minimum absolute atomic E-state index is 0.0143. The molecule has 0 spiro atoms. The van der Waals surface area contributed by atoms with Gasteiger partial charge in [0.05, 0.1) is 22.1 Å². The number of hydrogen-bond donors (Lipinski definition) is 2. The molecule has 7 nitrogen and oxygen atoms in total. The van der Waals surface area contributed by atoms with Crippen molar-refractivity contribution in [2.24, 2.45) is 0 Å². The van der Waals surface area contributed by atoms with E-state index in [-0.39, 0.29) is 17.7 Å². The molecule has 0 atom stereocenters. The number of piperazine rings is 1. The normalized spacial score (nSPS) is 14.4. The summed E-state index contributed by atoms with van der Waals surface area (Å²) in [7, 11) is 0. The third-order valence-corrected chi connectivity index (χ3v) is 6.00.